The van der Waals surface area contributed by atoms with E-state index in [0.29, 0.717) is 6.54 Å². The smallest absolute Gasteiger partial charge is 0.0962 e. The third-order valence-electron chi connectivity index (χ3n) is 2.37. The number of benzene rings is 1. The summed E-state index contributed by atoms with van der Waals surface area (Å²) in [6.07, 6.45) is 1.72. The Morgan fingerprint density at radius 3 is 2.88 bits per heavy atom. The van der Waals surface area contributed by atoms with Crippen LogP contribution < -0.4 is 10.6 Å². The molecule has 2 rings (SSSR count). The van der Waals surface area contributed by atoms with E-state index in [1.54, 1.807) is 6.20 Å². The molecule has 0 unspecified atom stereocenters. The monoisotopic (exact) mass is 217 g/mol. The predicted octanol–water partition coefficient (Wildman–Crippen LogP) is 1.14. The van der Waals surface area contributed by atoms with Gasteiger partial charge >= 0.3 is 0 Å². The summed E-state index contributed by atoms with van der Waals surface area (Å²) in [5, 5.41) is 16.8. The van der Waals surface area contributed by atoms with Gasteiger partial charge in [0, 0.05) is 25.8 Å². The lowest BCUT2D eigenvalue weighted by Crippen LogP contribution is -2.14. The third-order valence-corrected chi connectivity index (χ3v) is 2.37. The molecule has 0 fully saturated rings. The van der Waals surface area contributed by atoms with Crippen molar-refractivity contribution in [2.75, 3.05) is 12.4 Å². The average molecular weight is 217 g/mol. The Morgan fingerprint density at radius 1 is 1.25 bits per heavy atom. The molecule has 1 heterocycles. The van der Waals surface area contributed by atoms with E-state index in [4.69, 9.17) is 0 Å². The third kappa shape index (κ3) is 2.58. The van der Waals surface area contributed by atoms with Gasteiger partial charge < -0.3 is 10.6 Å². The highest BCUT2D eigenvalue weighted by Crippen LogP contribution is 2.13. The maximum Gasteiger partial charge on any atom is 0.0962 e. The summed E-state index contributed by atoms with van der Waals surface area (Å²) < 4.78 is 0. The molecule has 0 saturated carbocycles. The van der Waals surface area contributed by atoms with Crippen molar-refractivity contribution in [3.05, 3.63) is 41.7 Å². The minimum Gasteiger partial charge on any atom is -0.388 e. The van der Waals surface area contributed by atoms with Crippen molar-refractivity contribution in [1.82, 2.24) is 20.7 Å². The summed E-state index contributed by atoms with van der Waals surface area (Å²) in [5.74, 6) is 0. The number of hydrogen-bond donors (Lipinski definition) is 3. The van der Waals surface area contributed by atoms with Crippen LogP contribution in [0.1, 0.15) is 11.3 Å². The van der Waals surface area contributed by atoms with Crippen LogP contribution in [0, 0.1) is 0 Å². The Morgan fingerprint density at radius 2 is 2.12 bits per heavy atom. The molecule has 0 aliphatic rings. The second-order valence-electron chi connectivity index (χ2n) is 3.47. The molecular formula is C11H15N5. The SMILES string of the molecule is CNc1ccccc1CNCc1cn[nH]n1. The van der Waals surface area contributed by atoms with E-state index in [1.807, 2.05) is 19.2 Å². The Kier molecular flexibility index (Phi) is 3.50. The molecule has 0 spiro atoms. The molecule has 5 nitrogen and oxygen atoms in total. The fourth-order valence-electron chi connectivity index (χ4n) is 1.55. The Labute approximate surface area is 94.3 Å². The fraction of sp³-hybridized carbons (Fsp3) is 0.273. The van der Waals surface area contributed by atoms with Gasteiger partial charge in [-0.3, -0.25) is 0 Å². The van der Waals surface area contributed by atoms with Crippen molar-refractivity contribution in [2.45, 2.75) is 13.1 Å². The van der Waals surface area contributed by atoms with Gasteiger partial charge in [0.05, 0.1) is 11.9 Å². The standard InChI is InChI=1S/C11H15N5/c1-12-11-5-3-2-4-9(11)6-13-7-10-8-14-16-15-10/h2-5,8,12-13H,6-7H2,1H3,(H,14,15,16). The van der Waals surface area contributed by atoms with Crippen LogP contribution in [0.4, 0.5) is 5.69 Å². The van der Waals surface area contributed by atoms with Crippen LogP contribution in [0.5, 0.6) is 0 Å². The Bertz CT molecular complexity index is 424. The quantitative estimate of drug-likeness (QED) is 0.702. The molecule has 0 radical (unpaired) electrons. The molecule has 3 N–H and O–H groups in total. The summed E-state index contributed by atoms with van der Waals surface area (Å²) in [6.45, 7) is 1.53. The van der Waals surface area contributed by atoms with E-state index in [-0.39, 0.29) is 0 Å². The number of hydrogen-bond acceptors (Lipinski definition) is 4. The maximum atomic E-state index is 3.98. The van der Waals surface area contributed by atoms with E-state index in [0.717, 1.165) is 17.9 Å². The zero-order chi connectivity index (χ0) is 11.2. The molecule has 0 aliphatic carbocycles. The zero-order valence-corrected chi connectivity index (χ0v) is 9.20. The van der Waals surface area contributed by atoms with Gasteiger partial charge in [0.15, 0.2) is 0 Å². The molecule has 1 aromatic carbocycles. The zero-order valence-electron chi connectivity index (χ0n) is 9.20. The minimum absolute atomic E-state index is 0.717. The summed E-state index contributed by atoms with van der Waals surface area (Å²) >= 11 is 0. The highest BCUT2D eigenvalue weighted by molar-refractivity contribution is 5.50. The Hall–Kier alpha value is -1.88. The number of H-pyrrole nitrogens is 1. The van der Waals surface area contributed by atoms with E-state index in [9.17, 15) is 0 Å². The molecule has 16 heavy (non-hydrogen) atoms. The first-order chi connectivity index (χ1) is 7.90. The molecule has 0 amide bonds. The summed E-state index contributed by atoms with van der Waals surface area (Å²) in [7, 11) is 1.93. The lowest BCUT2D eigenvalue weighted by atomic mass is 10.2. The van der Waals surface area contributed by atoms with Gasteiger partial charge in [0.2, 0.25) is 0 Å². The van der Waals surface area contributed by atoms with Gasteiger partial charge in [-0.1, -0.05) is 18.2 Å². The second kappa shape index (κ2) is 5.27. The van der Waals surface area contributed by atoms with Crippen molar-refractivity contribution in [2.24, 2.45) is 0 Å². The molecule has 0 saturated heterocycles. The van der Waals surface area contributed by atoms with Crippen LogP contribution in [-0.2, 0) is 13.1 Å². The Balaban J connectivity index is 1.89. The van der Waals surface area contributed by atoms with Gasteiger partial charge in [-0.2, -0.15) is 15.4 Å². The minimum atomic E-state index is 0.717. The van der Waals surface area contributed by atoms with Crippen LogP contribution in [0.3, 0.4) is 0 Å². The maximum absolute atomic E-state index is 3.98. The predicted molar refractivity (Wildman–Crippen MR) is 62.9 cm³/mol. The molecule has 2 aromatic rings. The molecule has 1 aromatic heterocycles. The first-order valence-corrected chi connectivity index (χ1v) is 5.21. The van der Waals surface area contributed by atoms with E-state index in [1.165, 1.54) is 5.56 Å². The molecular weight excluding hydrogens is 202 g/mol. The molecule has 84 valence electrons. The summed E-state index contributed by atoms with van der Waals surface area (Å²) in [5.41, 5.74) is 3.31. The van der Waals surface area contributed by atoms with Crippen LogP contribution in [-0.4, -0.2) is 22.5 Å². The molecule has 0 bridgehead atoms. The van der Waals surface area contributed by atoms with Gasteiger partial charge in [-0.15, -0.1) is 0 Å². The van der Waals surface area contributed by atoms with Crippen molar-refractivity contribution in [3.8, 4) is 0 Å². The number of aromatic nitrogens is 3. The number of rotatable bonds is 5. The largest absolute Gasteiger partial charge is 0.388 e. The average Bonchev–Trinajstić information content (AvgIpc) is 2.83. The number of para-hydroxylation sites is 1. The van der Waals surface area contributed by atoms with Crippen molar-refractivity contribution >= 4 is 5.69 Å². The number of aromatic amines is 1. The van der Waals surface area contributed by atoms with Crippen LogP contribution in [0.2, 0.25) is 0 Å². The summed E-state index contributed by atoms with van der Waals surface area (Å²) in [6, 6.07) is 8.22. The first-order valence-electron chi connectivity index (χ1n) is 5.21. The lowest BCUT2D eigenvalue weighted by molar-refractivity contribution is 0.678. The lowest BCUT2D eigenvalue weighted by Gasteiger charge is -2.08. The van der Waals surface area contributed by atoms with Gasteiger partial charge in [0.1, 0.15) is 0 Å². The highest BCUT2D eigenvalue weighted by atomic mass is 15.3. The van der Waals surface area contributed by atoms with Crippen LogP contribution >= 0.6 is 0 Å². The van der Waals surface area contributed by atoms with Crippen LogP contribution in [0.25, 0.3) is 0 Å². The van der Waals surface area contributed by atoms with Crippen LogP contribution in [0.15, 0.2) is 30.5 Å². The fourth-order valence-corrected chi connectivity index (χ4v) is 1.55. The molecule has 5 heteroatoms. The van der Waals surface area contributed by atoms with Gasteiger partial charge in [0.25, 0.3) is 0 Å². The first kappa shape index (κ1) is 10.6. The van der Waals surface area contributed by atoms with Crippen molar-refractivity contribution in [1.29, 1.82) is 0 Å². The van der Waals surface area contributed by atoms with E-state index < -0.39 is 0 Å². The van der Waals surface area contributed by atoms with Crippen molar-refractivity contribution in [3.63, 3.8) is 0 Å². The van der Waals surface area contributed by atoms with E-state index >= 15 is 0 Å². The highest BCUT2D eigenvalue weighted by Gasteiger charge is 2.00. The molecule has 0 aliphatic heterocycles. The van der Waals surface area contributed by atoms with Gasteiger partial charge in [-0.05, 0) is 11.6 Å². The normalized spacial score (nSPS) is 10.3. The molecule has 0 atom stereocenters. The summed E-state index contributed by atoms with van der Waals surface area (Å²) in [4.78, 5) is 0. The second-order valence-corrected chi connectivity index (χ2v) is 3.47. The number of nitrogens with zero attached hydrogens (tertiary/aromatic N) is 2. The number of nitrogens with one attached hydrogen (secondary N) is 3. The van der Waals surface area contributed by atoms with E-state index in [2.05, 4.69) is 38.2 Å². The number of anilines is 1. The topological polar surface area (TPSA) is 65.6 Å². The van der Waals surface area contributed by atoms with Gasteiger partial charge in [-0.25, -0.2) is 0 Å². The van der Waals surface area contributed by atoms with Crippen molar-refractivity contribution < 1.29 is 0 Å².